The number of para-hydroxylation sites is 1. The highest BCUT2D eigenvalue weighted by Gasteiger charge is 2.26. The molecule has 0 fully saturated rings. The highest BCUT2D eigenvalue weighted by Crippen LogP contribution is 2.37. The van der Waals surface area contributed by atoms with Crippen molar-refractivity contribution in [1.29, 1.82) is 0 Å². The van der Waals surface area contributed by atoms with Crippen LogP contribution in [0.25, 0.3) is 5.57 Å². The number of rotatable bonds is 6. The fraction of sp³-hybridized carbons (Fsp3) is 0.348. The first-order valence-corrected chi connectivity index (χ1v) is 10.7. The van der Waals surface area contributed by atoms with Crippen molar-refractivity contribution < 1.29 is 4.79 Å². The number of carbonyl (C=O) groups is 1. The van der Waals surface area contributed by atoms with E-state index in [1.165, 1.54) is 16.0 Å². The average Bonchev–Trinajstić information content (AvgIpc) is 2.72. The van der Waals surface area contributed by atoms with Crippen LogP contribution in [0.5, 0.6) is 0 Å². The number of nitrogens with zero attached hydrogens (tertiary/aromatic N) is 1. The van der Waals surface area contributed by atoms with E-state index in [9.17, 15) is 4.79 Å². The predicted molar refractivity (Wildman–Crippen MR) is 114 cm³/mol. The first-order valence-electron chi connectivity index (χ1n) is 9.83. The molecule has 2 aromatic carbocycles. The van der Waals surface area contributed by atoms with Crippen molar-refractivity contribution in [3.63, 3.8) is 0 Å². The molecule has 140 valence electrons. The molecular formula is C23H26N2OS. The van der Waals surface area contributed by atoms with E-state index in [1.807, 2.05) is 18.2 Å². The third-order valence-electron chi connectivity index (χ3n) is 5.34. The van der Waals surface area contributed by atoms with E-state index < -0.39 is 0 Å². The van der Waals surface area contributed by atoms with E-state index in [1.54, 1.807) is 11.8 Å². The Kier molecular flexibility index (Phi) is 5.95. The third-order valence-corrected chi connectivity index (χ3v) is 6.68. The van der Waals surface area contributed by atoms with E-state index in [0.29, 0.717) is 0 Å². The van der Waals surface area contributed by atoms with E-state index in [4.69, 9.17) is 0 Å². The zero-order valence-corrected chi connectivity index (χ0v) is 16.4. The molecule has 2 aliphatic rings. The van der Waals surface area contributed by atoms with Gasteiger partial charge < -0.3 is 5.32 Å². The van der Waals surface area contributed by atoms with Crippen molar-refractivity contribution >= 4 is 28.9 Å². The highest BCUT2D eigenvalue weighted by molar-refractivity contribution is 8.01. The molecule has 0 radical (unpaired) electrons. The maximum Gasteiger partial charge on any atom is 0.237 e. The second kappa shape index (κ2) is 8.77. The third kappa shape index (κ3) is 4.63. The summed E-state index contributed by atoms with van der Waals surface area (Å²) >= 11 is 1.71. The Labute approximate surface area is 165 Å². The number of carbonyl (C=O) groups excluding carboxylic acids is 1. The number of unbranched alkanes of at least 4 members (excludes halogenated alkanes) is 1. The molecule has 2 aromatic rings. The van der Waals surface area contributed by atoms with Gasteiger partial charge in [-0.1, -0.05) is 55.0 Å². The maximum absolute atomic E-state index is 12.3. The Bertz CT molecular complexity index is 818. The lowest BCUT2D eigenvalue weighted by atomic mass is 9.99. The SMILES string of the molecule is O=C1Nc2ccccc2SC1CCCCN1CC=C(c2ccccc2)CC1. The lowest BCUT2D eigenvalue weighted by Gasteiger charge is -2.27. The van der Waals surface area contributed by atoms with Crippen LogP contribution < -0.4 is 5.32 Å². The normalized spacial score (nSPS) is 19.9. The van der Waals surface area contributed by atoms with Gasteiger partial charge in [-0.05, 0) is 49.1 Å². The van der Waals surface area contributed by atoms with E-state index in [0.717, 1.165) is 51.0 Å². The van der Waals surface area contributed by atoms with Gasteiger partial charge in [0.2, 0.25) is 5.91 Å². The van der Waals surface area contributed by atoms with Crippen LogP contribution >= 0.6 is 11.8 Å². The number of hydrogen-bond acceptors (Lipinski definition) is 3. The molecule has 1 atom stereocenters. The van der Waals surface area contributed by atoms with Gasteiger partial charge in [-0.3, -0.25) is 9.69 Å². The monoisotopic (exact) mass is 378 g/mol. The van der Waals surface area contributed by atoms with Gasteiger partial charge in [0.05, 0.1) is 10.9 Å². The molecule has 0 aliphatic carbocycles. The summed E-state index contributed by atoms with van der Waals surface area (Å²) in [6.45, 7) is 3.29. The molecule has 1 unspecified atom stereocenters. The predicted octanol–water partition coefficient (Wildman–Crippen LogP) is 5.06. The van der Waals surface area contributed by atoms with Crippen molar-refractivity contribution in [2.45, 2.75) is 35.8 Å². The molecule has 1 amide bonds. The van der Waals surface area contributed by atoms with E-state index in [2.05, 4.69) is 52.7 Å². The van der Waals surface area contributed by atoms with Crippen LogP contribution in [0.4, 0.5) is 5.69 Å². The second-order valence-corrected chi connectivity index (χ2v) is 8.48. The minimum absolute atomic E-state index is 0.0471. The molecular weight excluding hydrogens is 352 g/mol. The van der Waals surface area contributed by atoms with Gasteiger partial charge >= 0.3 is 0 Å². The summed E-state index contributed by atoms with van der Waals surface area (Å²) in [5.41, 5.74) is 3.79. The summed E-state index contributed by atoms with van der Waals surface area (Å²) in [5.74, 6) is 0.159. The molecule has 0 bridgehead atoms. The molecule has 2 aliphatic heterocycles. The Balaban J connectivity index is 1.20. The van der Waals surface area contributed by atoms with Crippen LogP contribution in [-0.2, 0) is 4.79 Å². The number of benzene rings is 2. The lowest BCUT2D eigenvalue weighted by molar-refractivity contribution is -0.115. The van der Waals surface area contributed by atoms with Gasteiger partial charge in [-0.15, -0.1) is 11.8 Å². The van der Waals surface area contributed by atoms with Crippen LogP contribution in [0.2, 0.25) is 0 Å². The standard InChI is InChI=1S/C23H26N2OS/c26-23-22(27-21-11-5-4-10-20(21)24-23)12-6-7-15-25-16-13-19(14-17-25)18-8-2-1-3-9-18/h1-5,8-11,13,22H,6-7,12,14-17H2,(H,24,26). The van der Waals surface area contributed by atoms with Crippen LogP contribution in [0, 0.1) is 0 Å². The lowest BCUT2D eigenvalue weighted by Crippen LogP contribution is -2.30. The Hall–Kier alpha value is -2.04. The minimum Gasteiger partial charge on any atom is -0.324 e. The van der Waals surface area contributed by atoms with Gasteiger partial charge in [0.1, 0.15) is 0 Å². The van der Waals surface area contributed by atoms with Crippen molar-refractivity contribution in [3.8, 4) is 0 Å². The molecule has 1 N–H and O–H groups in total. The first kappa shape index (κ1) is 18.3. The summed E-state index contributed by atoms with van der Waals surface area (Å²) in [6.07, 6.45) is 6.70. The zero-order chi connectivity index (χ0) is 18.5. The van der Waals surface area contributed by atoms with Gasteiger partial charge in [-0.2, -0.15) is 0 Å². The molecule has 4 heteroatoms. The molecule has 0 spiro atoms. The summed E-state index contributed by atoms with van der Waals surface area (Å²) in [5, 5.41) is 3.09. The smallest absolute Gasteiger partial charge is 0.237 e. The fourth-order valence-corrected chi connectivity index (χ4v) is 4.94. The number of amides is 1. The van der Waals surface area contributed by atoms with Gasteiger partial charge in [0.15, 0.2) is 0 Å². The quantitative estimate of drug-likeness (QED) is 0.713. The van der Waals surface area contributed by atoms with Crippen LogP contribution in [-0.4, -0.2) is 35.7 Å². The minimum atomic E-state index is 0.0471. The first-order chi connectivity index (χ1) is 13.3. The van der Waals surface area contributed by atoms with Crippen LogP contribution in [0.1, 0.15) is 31.2 Å². The summed E-state index contributed by atoms with van der Waals surface area (Å²) in [7, 11) is 0. The summed E-state index contributed by atoms with van der Waals surface area (Å²) in [4.78, 5) is 16.0. The average molecular weight is 379 g/mol. The fourth-order valence-electron chi connectivity index (χ4n) is 3.78. The Morgan fingerprint density at radius 1 is 1.04 bits per heavy atom. The number of nitrogens with one attached hydrogen (secondary N) is 1. The molecule has 0 saturated carbocycles. The zero-order valence-electron chi connectivity index (χ0n) is 15.6. The number of hydrogen-bond donors (Lipinski definition) is 1. The van der Waals surface area contributed by atoms with Crippen molar-refractivity contribution in [1.82, 2.24) is 4.90 Å². The highest BCUT2D eigenvalue weighted by atomic mass is 32.2. The number of thioether (sulfide) groups is 1. The molecule has 27 heavy (non-hydrogen) atoms. The number of fused-ring (bicyclic) bond motifs is 1. The molecule has 0 saturated heterocycles. The van der Waals surface area contributed by atoms with Gasteiger partial charge in [0, 0.05) is 18.0 Å². The van der Waals surface area contributed by atoms with Crippen molar-refractivity contribution in [2.75, 3.05) is 25.0 Å². The summed E-state index contributed by atoms with van der Waals surface area (Å²) < 4.78 is 0. The maximum atomic E-state index is 12.3. The Morgan fingerprint density at radius 3 is 2.67 bits per heavy atom. The topological polar surface area (TPSA) is 32.3 Å². The number of anilines is 1. The summed E-state index contributed by atoms with van der Waals surface area (Å²) in [6, 6.07) is 18.8. The molecule has 0 aromatic heterocycles. The van der Waals surface area contributed by atoms with E-state index >= 15 is 0 Å². The van der Waals surface area contributed by atoms with Crippen molar-refractivity contribution in [2.24, 2.45) is 0 Å². The second-order valence-electron chi connectivity index (χ2n) is 7.23. The van der Waals surface area contributed by atoms with E-state index in [-0.39, 0.29) is 11.2 Å². The largest absolute Gasteiger partial charge is 0.324 e. The Morgan fingerprint density at radius 2 is 1.85 bits per heavy atom. The van der Waals surface area contributed by atoms with Crippen LogP contribution in [0.3, 0.4) is 0 Å². The van der Waals surface area contributed by atoms with Crippen LogP contribution in [0.15, 0.2) is 65.6 Å². The van der Waals surface area contributed by atoms with Gasteiger partial charge in [-0.25, -0.2) is 0 Å². The molecule has 3 nitrogen and oxygen atoms in total. The molecule has 2 heterocycles. The van der Waals surface area contributed by atoms with Gasteiger partial charge in [0.25, 0.3) is 0 Å². The van der Waals surface area contributed by atoms with Crippen molar-refractivity contribution in [3.05, 3.63) is 66.2 Å². The molecule has 4 rings (SSSR count).